The monoisotopic (exact) mass is 250 g/mol. The molecular formula is C13H18N2O3. The van der Waals surface area contributed by atoms with E-state index in [0.29, 0.717) is 25.2 Å². The Morgan fingerprint density at radius 1 is 1.44 bits per heavy atom. The van der Waals surface area contributed by atoms with Crippen molar-refractivity contribution < 1.29 is 10.0 Å². The van der Waals surface area contributed by atoms with E-state index in [2.05, 4.69) is 0 Å². The van der Waals surface area contributed by atoms with E-state index < -0.39 is 5.60 Å². The van der Waals surface area contributed by atoms with Crippen molar-refractivity contribution >= 4 is 5.69 Å². The van der Waals surface area contributed by atoms with Crippen molar-refractivity contribution in [1.29, 1.82) is 0 Å². The van der Waals surface area contributed by atoms with Gasteiger partial charge in [0.15, 0.2) is 0 Å². The SMILES string of the molecule is CC(C)C1(O)CN(Cc2ccccc2[N+](=O)[O-])C1. The van der Waals surface area contributed by atoms with Crippen LogP contribution < -0.4 is 0 Å². The normalized spacial score (nSPS) is 18.7. The van der Waals surface area contributed by atoms with E-state index >= 15 is 0 Å². The fourth-order valence-corrected chi connectivity index (χ4v) is 2.27. The molecule has 1 fully saturated rings. The van der Waals surface area contributed by atoms with Gasteiger partial charge in [0.1, 0.15) is 0 Å². The van der Waals surface area contributed by atoms with Gasteiger partial charge in [-0.3, -0.25) is 15.0 Å². The summed E-state index contributed by atoms with van der Waals surface area (Å²) in [5.41, 5.74) is 0.217. The van der Waals surface area contributed by atoms with Crippen LogP contribution in [0.15, 0.2) is 24.3 Å². The van der Waals surface area contributed by atoms with Crippen LogP contribution in [0.4, 0.5) is 5.69 Å². The van der Waals surface area contributed by atoms with Gasteiger partial charge in [-0.1, -0.05) is 32.0 Å². The van der Waals surface area contributed by atoms with Gasteiger partial charge in [0.05, 0.1) is 10.5 Å². The topological polar surface area (TPSA) is 66.6 Å². The molecular weight excluding hydrogens is 232 g/mol. The number of para-hydroxylation sites is 1. The highest BCUT2D eigenvalue weighted by Gasteiger charge is 2.43. The van der Waals surface area contributed by atoms with E-state index in [-0.39, 0.29) is 16.5 Å². The first-order valence-corrected chi connectivity index (χ1v) is 6.09. The van der Waals surface area contributed by atoms with Crippen molar-refractivity contribution in [3.05, 3.63) is 39.9 Å². The fraction of sp³-hybridized carbons (Fsp3) is 0.538. The molecule has 5 nitrogen and oxygen atoms in total. The van der Waals surface area contributed by atoms with Gasteiger partial charge in [0, 0.05) is 31.3 Å². The van der Waals surface area contributed by atoms with Crippen LogP contribution in [0.25, 0.3) is 0 Å². The minimum absolute atomic E-state index is 0.150. The number of β-amino-alcohol motifs (C(OH)–C–C–N with tert-alkyl or cyclic N) is 1. The third kappa shape index (κ3) is 2.37. The summed E-state index contributed by atoms with van der Waals surface area (Å²) in [7, 11) is 0. The van der Waals surface area contributed by atoms with Crippen LogP contribution in [0.5, 0.6) is 0 Å². The molecule has 0 spiro atoms. The molecule has 0 atom stereocenters. The van der Waals surface area contributed by atoms with Crippen LogP contribution in [0.3, 0.4) is 0 Å². The molecule has 1 saturated heterocycles. The van der Waals surface area contributed by atoms with Crippen molar-refractivity contribution in [3.8, 4) is 0 Å². The van der Waals surface area contributed by atoms with Gasteiger partial charge >= 0.3 is 0 Å². The Hall–Kier alpha value is -1.46. The molecule has 1 aliphatic heterocycles. The summed E-state index contributed by atoms with van der Waals surface area (Å²) in [5.74, 6) is 0.208. The number of hydrogen-bond donors (Lipinski definition) is 1. The Kier molecular flexibility index (Phi) is 3.36. The highest BCUT2D eigenvalue weighted by Crippen LogP contribution is 2.31. The predicted molar refractivity (Wildman–Crippen MR) is 68.2 cm³/mol. The Morgan fingerprint density at radius 2 is 2.06 bits per heavy atom. The maximum absolute atomic E-state index is 10.9. The van der Waals surface area contributed by atoms with Gasteiger partial charge in [0.2, 0.25) is 0 Å². The summed E-state index contributed by atoms with van der Waals surface area (Å²) < 4.78 is 0. The molecule has 1 N–H and O–H groups in total. The Labute approximate surface area is 106 Å². The molecule has 0 bridgehead atoms. The molecule has 1 aromatic rings. The lowest BCUT2D eigenvalue weighted by Crippen LogP contribution is -2.63. The molecule has 2 rings (SSSR count). The van der Waals surface area contributed by atoms with Crippen molar-refractivity contribution in [2.24, 2.45) is 5.92 Å². The molecule has 0 amide bonds. The van der Waals surface area contributed by atoms with Gasteiger partial charge < -0.3 is 5.11 Å². The highest BCUT2D eigenvalue weighted by atomic mass is 16.6. The predicted octanol–water partition coefficient (Wildman–Crippen LogP) is 1.80. The number of likely N-dealkylation sites (tertiary alicyclic amines) is 1. The second-order valence-electron chi connectivity index (χ2n) is 5.29. The lowest BCUT2D eigenvalue weighted by Gasteiger charge is -2.49. The van der Waals surface area contributed by atoms with Crippen molar-refractivity contribution in [1.82, 2.24) is 4.90 Å². The molecule has 0 aliphatic carbocycles. The molecule has 98 valence electrons. The number of nitrogens with zero attached hydrogens (tertiary/aromatic N) is 2. The number of nitro groups is 1. The number of nitro benzene ring substituents is 1. The molecule has 0 saturated carbocycles. The summed E-state index contributed by atoms with van der Waals surface area (Å²) in [6.07, 6.45) is 0. The summed E-state index contributed by atoms with van der Waals surface area (Å²) in [4.78, 5) is 12.6. The molecule has 0 unspecified atom stereocenters. The maximum Gasteiger partial charge on any atom is 0.273 e. The lowest BCUT2D eigenvalue weighted by molar-refractivity contribution is -0.385. The smallest absolute Gasteiger partial charge is 0.273 e. The second-order valence-corrected chi connectivity index (χ2v) is 5.29. The summed E-state index contributed by atoms with van der Waals surface area (Å²) in [5, 5.41) is 21.0. The summed E-state index contributed by atoms with van der Waals surface area (Å²) in [6, 6.07) is 6.76. The average molecular weight is 250 g/mol. The molecule has 5 heteroatoms. The first-order valence-electron chi connectivity index (χ1n) is 6.09. The van der Waals surface area contributed by atoms with Crippen molar-refractivity contribution in [2.45, 2.75) is 26.0 Å². The van der Waals surface area contributed by atoms with E-state index in [1.807, 2.05) is 18.7 Å². The van der Waals surface area contributed by atoms with Crippen LogP contribution >= 0.6 is 0 Å². The summed E-state index contributed by atoms with van der Waals surface area (Å²) >= 11 is 0. The number of rotatable bonds is 4. The van der Waals surface area contributed by atoms with E-state index in [0.717, 1.165) is 0 Å². The Morgan fingerprint density at radius 3 is 2.61 bits per heavy atom. The van der Waals surface area contributed by atoms with Gasteiger partial charge in [-0.2, -0.15) is 0 Å². The minimum Gasteiger partial charge on any atom is -0.387 e. The zero-order chi connectivity index (χ0) is 13.3. The van der Waals surface area contributed by atoms with Crippen molar-refractivity contribution in [3.63, 3.8) is 0 Å². The van der Waals surface area contributed by atoms with Gasteiger partial charge in [0.25, 0.3) is 5.69 Å². The highest BCUT2D eigenvalue weighted by molar-refractivity contribution is 5.39. The molecule has 1 heterocycles. The van der Waals surface area contributed by atoms with Crippen LogP contribution in [0, 0.1) is 16.0 Å². The Balaban J connectivity index is 2.03. The Bertz CT molecular complexity index is 453. The standard InChI is InChI=1S/C13H18N2O3/c1-10(2)13(16)8-14(9-13)7-11-5-3-4-6-12(11)15(17)18/h3-6,10,16H,7-9H2,1-2H3. The van der Waals surface area contributed by atoms with Crippen LogP contribution in [0.2, 0.25) is 0 Å². The zero-order valence-corrected chi connectivity index (χ0v) is 10.7. The van der Waals surface area contributed by atoms with E-state index in [9.17, 15) is 15.2 Å². The van der Waals surface area contributed by atoms with Gasteiger partial charge in [-0.15, -0.1) is 0 Å². The van der Waals surface area contributed by atoms with E-state index in [4.69, 9.17) is 0 Å². The zero-order valence-electron chi connectivity index (χ0n) is 10.7. The quantitative estimate of drug-likeness (QED) is 0.653. The van der Waals surface area contributed by atoms with Crippen LogP contribution in [0.1, 0.15) is 19.4 Å². The second kappa shape index (κ2) is 4.66. The van der Waals surface area contributed by atoms with E-state index in [1.165, 1.54) is 6.07 Å². The molecule has 0 aromatic heterocycles. The van der Waals surface area contributed by atoms with Crippen LogP contribution in [-0.2, 0) is 6.54 Å². The molecule has 1 aliphatic rings. The maximum atomic E-state index is 10.9. The molecule has 1 aromatic carbocycles. The molecule has 0 radical (unpaired) electrons. The largest absolute Gasteiger partial charge is 0.387 e. The average Bonchev–Trinajstić information content (AvgIpc) is 2.27. The molecule has 18 heavy (non-hydrogen) atoms. The first-order chi connectivity index (χ1) is 8.42. The number of aliphatic hydroxyl groups is 1. The van der Waals surface area contributed by atoms with Gasteiger partial charge in [-0.25, -0.2) is 0 Å². The third-order valence-corrected chi connectivity index (χ3v) is 3.65. The van der Waals surface area contributed by atoms with E-state index in [1.54, 1.807) is 18.2 Å². The number of hydrogen-bond acceptors (Lipinski definition) is 4. The van der Waals surface area contributed by atoms with Gasteiger partial charge in [-0.05, 0) is 5.92 Å². The third-order valence-electron chi connectivity index (χ3n) is 3.65. The first kappa shape index (κ1) is 13.0. The number of benzene rings is 1. The summed E-state index contributed by atoms with van der Waals surface area (Å²) in [6.45, 7) is 5.66. The lowest BCUT2D eigenvalue weighted by atomic mass is 9.83. The van der Waals surface area contributed by atoms with Crippen molar-refractivity contribution in [2.75, 3.05) is 13.1 Å². The fourth-order valence-electron chi connectivity index (χ4n) is 2.27. The minimum atomic E-state index is -0.635. The van der Waals surface area contributed by atoms with Crippen LogP contribution in [-0.4, -0.2) is 33.6 Å².